The molecule has 0 aromatic carbocycles. The summed E-state index contributed by atoms with van der Waals surface area (Å²) in [5, 5.41) is 4.01. The molecule has 96 valence electrons. The van der Waals surface area contributed by atoms with Gasteiger partial charge in [-0.3, -0.25) is 9.48 Å². The largest absolute Gasteiger partial charge is 0.390 e. The van der Waals surface area contributed by atoms with Gasteiger partial charge in [-0.25, -0.2) is 0 Å². The van der Waals surface area contributed by atoms with Crippen LogP contribution >= 0.6 is 0 Å². The van der Waals surface area contributed by atoms with Gasteiger partial charge in [-0.2, -0.15) is 18.3 Å². The molecule has 0 saturated carbocycles. The Balaban J connectivity index is 2.88. The van der Waals surface area contributed by atoms with Crippen molar-refractivity contribution in [2.45, 2.75) is 19.5 Å². The fourth-order valence-electron chi connectivity index (χ4n) is 1.65. The van der Waals surface area contributed by atoms with E-state index in [-0.39, 0.29) is 6.54 Å². The molecule has 7 heteroatoms. The minimum atomic E-state index is -4.21. The summed E-state index contributed by atoms with van der Waals surface area (Å²) in [6, 6.07) is 0. The Bertz CT molecular complexity index is 412. The summed E-state index contributed by atoms with van der Waals surface area (Å²) in [7, 11) is 3.11. The van der Waals surface area contributed by atoms with Crippen molar-refractivity contribution in [3.8, 4) is 0 Å². The molecule has 1 heterocycles. The van der Waals surface area contributed by atoms with Gasteiger partial charge in [0.15, 0.2) is 6.29 Å². The maximum atomic E-state index is 12.1. The molecule has 1 rings (SSSR count). The van der Waals surface area contributed by atoms with Crippen LogP contribution in [0.3, 0.4) is 0 Å². The number of anilines is 1. The highest BCUT2D eigenvalue weighted by Gasteiger charge is 2.28. The number of hydrogen-bond donors (Lipinski definition) is 0. The maximum Gasteiger partial charge on any atom is 0.390 e. The van der Waals surface area contributed by atoms with Crippen molar-refractivity contribution in [2.24, 2.45) is 7.05 Å². The van der Waals surface area contributed by atoms with E-state index >= 15 is 0 Å². The van der Waals surface area contributed by atoms with Gasteiger partial charge in [0.05, 0.1) is 17.7 Å². The molecule has 0 amide bonds. The number of nitrogens with zero attached hydrogens (tertiary/aromatic N) is 3. The topological polar surface area (TPSA) is 38.1 Å². The Morgan fingerprint density at radius 2 is 2.06 bits per heavy atom. The third kappa shape index (κ3) is 3.21. The highest BCUT2D eigenvalue weighted by molar-refractivity contribution is 5.84. The van der Waals surface area contributed by atoms with Crippen LogP contribution in [-0.4, -0.2) is 35.8 Å². The molecule has 4 nitrogen and oxygen atoms in total. The molecule has 0 spiro atoms. The molecule has 0 aliphatic rings. The van der Waals surface area contributed by atoms with Gasteiger partial charge in [0.25, 0.3) is 0 Å². The lowest BCUT2D eigenvalue weighted by Gasteiger charge is -2.20. The first-order chi connectivity index (χ1) is 7.76. The van der Waals surface area contributed by atoms with Crippen molar-refractivity contribution in [2.75, 3.05) is 18.5 Å². The van der Waals surface area contributed by atoms with Crippen molar-refractivity contribution >= 4 is 12.1 Å². The number of alkyl halides is 3. The number of aromatic nitrogens is 2. The summed E-state index contributed by atoms with van der Waals surface area (Å²) in [5.41, 5.74) is 0.841. The molecule has 0 bridgehead atoms. The Morgan fingerprint density at radius 3 is 2.53 bits per heavy atom. The van der Waals surface area contributed by atoms with Gasteiger partial charge < -0.3 is 4.90 Å². The van der Waals surface area contributed by atoms with E-state index in [4.69, 9.17) is 0 Å². The summed E-state index contributed by atoms with van der Waals surface area (Å²) in [6.07, 6.45) is -4.52. The van der Waals surface area contributed by atoms with E-state index in [1.807, 2.05) is 0 Å². The zero-order valence-electron chi connectivity index (χ0n) is 9.88. The van der Waals surface area contributed by atoms with Gasteiger partial charge in [-0.05, 0) is 6.92 Å². The van der Waals surface area contributed by atoms with Crippen LogP contribution in [0.1, 0.15) is 22.5 Å². The van der Waals surface area contributed by atoms with E-state index in [2.05, 4.69) is 5.10 Å². The van der Waals surface area contributed by atoms with E-state index in [0.717, 1.165) is 0 Å². The van der Waals surface area contributed by atoms with Crippen molar-refractivity contribution in [1.82, 2.24) is 9.78 Å². The molecule has 0 radical (unpaired) electrons. The molecule has 1 aromatic rings. The average Bonchev–Trinajstić information content (AvgIpc) is 2.48. The minimum absolute atomic E-state index is 0.205. The van der Waals surface area contributed by atoms with Crippen LogP contribution in [0.2, 0.25) is 0 Å². The highest BCUT2D eigenvalue weighted by Crippen LogP contribution is 2.24. The molecule has 0 atom stereocenters. The van der Waals surface area contributed by atoms with Crippen molar-refractivity contribution in [1.29, 1.82) is 0 Å². The Hall–Kier alpha value is -1.53. The monoisotopic (exact) mass is 249 g/mol. The van der Waals surface area contributed by atoms with Gasteiger partial charge in [0.1, 0.15) is 5.82 Å². The lowest BCUT2D eigenvalue weighted by atomic mass is 10.2. The standard InChI is InChI=1S/C10H14F3N3O/c1-7-8(6-17)9(16(3)14-7)15(2)5-4-10(11,12)13/h6H,4-5H2,1-3H3. The first kappa shape index (κ1) is 13.5. The number of carbonyl (C=O) groups excluding carboxylic acids is 1. The first-order valence-corrected chi connectivity index (χ1v) is 5.03. The van der Waals surface area contributed by atoms with E-state index in [0.29, 0.717) is 23.4 Å². The molecule has 0 N–H and O–H groups in total. The third-order valence-electron chi connectivity index (χ3n) is 2.45. The predicted molar refractivity (Wildman–Crippen MR) is 57.3 cm³/mol. The van der Waals surface area contributed by atoms with Crippen LogP contribution in [0, 0.1) is 6.92 Å². The average molecular weight is 249 g/mol. The predicted octanol–water partition coefficient (Wildman–Crippen LogP) is 1.93. The molecule has 0 aliphatic heterocycles. The number of aryl methyl sites for hydroxylation is 2. The molecule has 0 fully saturated rings. The molecular weight excluding hydrogens is 235 g/mol. The van der Waals surface area contributed by atoms with Gasteiger partial charge in [-0.1, -0.05) is 0 Å². The van der Waals surface area contributed by atoms with Gasteiger partial charge in [-0.15, -0.1) is 0 Å². The highest BCUT2D eigenvalue weighted by atomic mass is 19.4. The molecule has 0 aliphatic carbocycles. The van der Waals surface area contributed by atoms with Gasteiger partial charge >= 0.3 is 6.18 Å². The second kappa shape index (κ2) is 4.77. The van der Waals surface area contributed by atoms with Gasteiger partial charge in [0.2, 0.25) is 0 Å². The van der Waals surface area contributed by atoms with Crippen molar-refractivity contribution in [3.05, 3.63) is 11.3 Å². The molecule has 0 unspecified atom stereocenters. The molecular formula is C10H14F3N3O. The van der Waals surface area contributed by atoms with Crippen molar-refractivity contribution in [3.63, 3.8) is 0 Å². The summed E-state index contributed by atoms with van der Waals surface area (Å²) in [6.45, 7) is 1.44. The van der Waals surface area contributed by atoms with E-state index in [1.54, 1.807) is 14.0 Å². The van der Waals surface area contributed by atoms with Crippen molar-refractivity contribution < 1.29 is 18.0 Å². The van der Waals surface area contributed by atoms with Crippen LogP contribution in [0.15, 0.2) is 0 Å². The number of aldehydes is 1. The van der Waals surface area contributed by atoms with E-state index < -0.39 is 12.6 Å². The number of rotatable bonds is 4. The lowest BCUT2D eigenvalue weighted by molar-refractivity contribution is -0.132. The zero-order chi connectivity index (χ0) is 13.2. The van der Waals surface area contributed by atoms with E-state index in [1.165, 1.54) is 16.6 Å². The quantitative estimate of drug-likeness (QED) is 0.765. The number of carbonyl (C=O) groups is 1. The Morgan fingerprint density at radius 1 is 1.47 bits per heavy atom. The third-order valence-corrected chi connectivity index (χ3v) is 2.45. The minimum Gasteiger partial charge on any atom is -0.359 e. The Labute approximate surface area is 97.0 Å². The van der Waals surface area contributed by atoms with Crippen LogP contribution < -0.4 is 4.90 Å². The van der Waals surface area contributed by atoms with Crippen LogP contribution in [-0.2, 0) is 7.05 Å². The summed E-state index contributed by atoms with van der Waals surface area (Å²) < 4.78 is 37.7. The molecule has 0 saturated heterocycles. The number of hydrogen-bond acceptors (Lipinski definition) is 3. The second-order valence-corrected chi connectivity index (χ2v) is 3.85. The smallest absolute Gasteiger partial charge is 0.359 e. The lowest BCUT2D eigenvalue weighted by Crippen LogP contribution is -2.26. The zero-order valence-corrected chi connectivity index (χ0v) is 9.88. The van der Waals surface area contributed by atoms with Crippen LogP contribution in [0.4, 0.5) is 19.0 Å². The van der Waals surface area contributed by atoms with Gasteiger partial charge in [0, 0.05) is 20.6 Å². The molecule has 17 heavy (non-hydrogen) atoms. The second-order valence-electron chi connectivity index (χ2n) is 3.85. The van der Waals surface area contributed by atoms with Crippen LogP contribution in [0.5, 0.6) is 0 Å². The fraction of sp³-hybridized carbons (Fsp3) is 0.600. The molecule has 1 aromatic heterocycles. The fourth-order valence-corrected chi connectivity index (χ4v) is 1.65. The van der Waals surface area contributed by atoms with E-state index in [9.17, 15) is 18.0 Å². The summed E-state index contributed by atoms with van der Waals surface area (Å²) in [4.78, 5) is 12.3. The van der Waals surface area contributed by atoms with Crippen LogP contribution in [0.25, 0.3) is 0 Å². The summed E-state index contributed by atoms with van der Waals surface area (Å²) >= 11 is 0. The normalized spacial score (nSPS) is 11.6. The Kier molecular flexibility index (Phi) is 3.79. The summed E-state index contributed by atoms with van der Waals surface area (Å²) in [5.74, 6) is 0.404. The number of halogens is 3. The first-order valence-electron chi connectivity index (χ1n) is 5.03. The SMILES string of the molecule is Cc1nn(C)c(N(C)CCC(F)(F)F)c1C=O. The maximum absolute atomic E-state index is 12.1.